The van der Waals surface area contributed by atoms with Crippen molar-refractivity contribution in [1.82, 2.24) is 9.88 Å². The van der Waals surface area contributed by atoms with Gasteiger partial charge in [0.25, 0.3) is 0 Å². The third-order valence-electron chi connectivity index (χ3n) is 7.26. The van der Waals surface area contributed by atoms with Crippen LogP contribution in [0.2, 0.25) is 0 Å². The van der Waals surface area contributed by atoms with Crippen molar-refractivity contribution in [3.8, 4) is 11.3 Å². The fraction of sp³-hybridized carbons (Fsp3) is 0.423. The summed E-state index contributed by atoms with van der Waals surface area (Å²) in [6, 6.07) is 8.10. The number of H-pyrrole nitrogens is 1. The van der Waals surface area contributed by atoms with Crippen molar-refractivity contribution in [3.63, 3.8) is 0 Å². The molecule has 1 unspecified atom stereocenters. The predicted octanol–water partition coefficient (Wildman–Crippen LogP) is 5.37. The van der Waals surface area contributed by atoms with E-state index in [2.05, 4.69) is 4.98 Å². The van der Waals surface area contributed by atoms with Gasteiger partial charge in [-0.3, -0.25) is 4.79 Å². The molecule has 0 spiro atoms. The Bertz CT molecular complexity index is 1170. The number of nitrogens with zero attached hydrogens (tertiary/aromatic N) is 1. The van der Waals surface area contributed by atoms with Gasteiger partial charge in [-0.05, 0) is 85.4 Å². The highest BCUT2D eigenvalue weighted by Crippen LogP contribution is 2.49. The normalized spacial score (nSPS) is 23.0. The summed E-state index contributed by atoms with van der Waals surface area (Å²) < 4.78 is 42.1. The highest BCUT2D eigenvalue weighted by molar-refractivity contribution is 5.92. The number of hydrogen-bond acceptors (Lipinski definition) is 2. The predicted molar refractivity (Wildman–Crippen MR) is 120 cm³/mol. The Morgan fingerprint density at radius 3 is 2.58 bits per heavy atom. The molecule has 1 saturated heterocycles. The van der Waals surface area contributed by atoms with Gasteiger partial charge in [0, 0.05) is 37.1 Å². The van der Waals surface area contributed by atoms with E-state index in [1.807, 2.05) is 4.90 Å². The maximum absolute atomic E-state index is 14.5. The number of likely N-dealkylation sites (tertiary alicyclic amines) is 1. The van der Waals surface area contributed by atoms with Crippen LogP contribution in [0, 0.1) is 29.3 Å². The number of fused-ring (bicyclic) bond motifs is 1. The fourth-order valence-corrected chi connectivity index (χ4v) is 5.51. The van der Waals surface area contributed by atoms with Gasteiger partial charge < -0.3 is 15.0 Å². The van der Waals surface area contributed by atoms with E-state index in [0.717, 1.165) is 31.0 Å². The number of aromatic nitrogens is 1. The van der Waals surface area contributed by atoms with Gasteiger partial charge in [0.05, 0.1) is 11.2 Å². The Hall–Kier alpha value is -2.80. The first-order chi connectivity index (χ1) is 15.9. The number of aliphatic hydroxyl groups excluding tert-OH is 1. The highest BCUT2D eigenvalue weighted by Gasteiger charge is 2.41. The summed E-state index contributed by atoms with van der Waals surface area (Å²) >= 11 is 0. The summed E-state index contributed by atoms with van der Waals surface area (Å²) in [5.41, 5.74) is 2.35. The average molecular weight is 457 g/mol. The lowest BCUT2D eigenvalue weighted by Crippen LogP contribution is -2.46. The van der Waals surface area contributed by atoms with Gasteiger partial charge in [0.2, 0.25) is 5.91 Å². The molecule has 1 atom stereocenters. The molecule has 2 N–H and O–H groups in total. The van der Waals surface area contributed by atoms with Crippen LogP contribution in [0.15, 0.2) is 36.4 Å². The molecule has 1 saturated carbocycles. The lowest BCUT2D eigenvalue weighted by Gasteiger charge is -2.41. The molecule has 0 bridgehead atoms. The van der Waals surface area contributed by atoms with E-state index in [1.165, 1.54) is 18.2 Å². The highest BCUT2D eigenvalue weighted by atomic mass is 19.1. The smallest absolute Gasteiger partial charge is 0.225 e. The molecule has 2 fully saturated rings. The van der Waals surface area contributed by atoms with Crippen LogP contribution in [0.1, 0.15) is 43.6 Å². The second-order valence-electron chi connectivity index (χ2n) is 9.40. The molecule has 2 heterocycles. The van der Waals surface area contributed by atoms with E-state index in [0.29, 0.717) is 48.4 Å². The van der Waals surface area contributed by atoms with Crippen LogP contribution in [-0.2, 0) is 4.79 Å². The van der Waals surface area contributed by atoms with Crippen LogP contribution >= 0.6 is 0 Å². The Kier molecular flexibility index (Phi) is 5.91. The fourth-order valence-electron chi connectivity index (χ4n) is 5.51. The van der Waals surface area contributed by atoms with Crippen molar-refractivity contribution in [3.05, 3.63) is 59.4 Å². The van der Waals surface area contributed by atoms with Crippen LogP contribution < -0.4 is 0 Å². The molecular weight excluding hydrogens is 429 g/mol. The molecule has 1 amide bonds. The third kappa shape index (κ3) is 4.14. The first-order valence-corrected chi connectivity index (χ1v) is 11.6. The molecular formula is C26H27F3N2O2. The topological polar surface area (TPSA) is 56.3 Å². The zero-order valence-electron chi connectivity index (χ0n) is 18.3. The van der Waals surface area contributed by atoms with E-state index in [-0.39, 0.29) is 35.7 Å². The quantitative estimate of drug-likeness (QED) is 0.543. The summed E-state index contributed by atoms with van der Waals surface area (Å²) in [7, 11) is 0. The van der Waals surface area contributed by atoms with Gasteiger partial charge >= 0.3 is 0 Å². The minimum absolute atomic E-state index is 0.0213. The average Bonchev–Trinajstić information content (AvgIpc) is 3.13. The van der Waals surface area contributed by atoms with Crippen LogP contribution in [0.5, 0.6) is 0 Å². The van der Waals surface area contributed by atoms with E-state index in [4.69, 9.17) is 0 Å². The SMILES string of the molecule is O=C(C1CC(c2c(-c3ccc(F)cc3)[nH]c3c(F)cc(F)cc23)C1)N1CCCC(CCO)C1. The Labute approximate surface area is 190 Å². The number of aliphatic hydroxyl groups is 1. The number of aromatic amines is 1. The third-order valence-corrected chi connectivity index (χ3v) is 7.26. The summed E-state index contributed by atoms with van der Waals surface area (Å²) in [5, 5.41) is 9.71. The Morgan fingerprint density at radius 1 is 1.09 bits per heavy atom. The van der Waals surface area contributed by atoms with Gasteiger partial charge in [-0.25, -0.2) is 13.2 Å². The molecule has 5 rings (SSSR count). The largest absolute Gasteiger partial charge is 0.396 e. The lowest BCUT2D eigenvalue weighted by molar-refractivity contribution is -0.140. The van der Waals surface area contributed by atoms with Crippen molar-refractivity contribution in [2.45, 2.75) is 38.0 Å². The molecule has 3 aromatic rings. The minimum atomic E-state index is -0.671. The number of rotatable bonds is 5. The van der Waals surface area contributed by atoms with Crippen LogP contribution in [0.25, 0.3) is 22.2 Å². The second kappa shape index (κ2) is 8.86. The summed E-state index contributed by atoms with van der Waals surface area (Å²) in [6.45, 7) is 1.56. The summed E-state index contributed by atoms with van der Waals surface area (Å²) in [4.78, 5) is 18.1. The number of carbonyl (C=O) groups is 1. The van der Waals surface area contributed by atoms with Crippen LogP contribution in [0.4, 0.5) is 13.2 Å². The number of hydrogen-bond donors (Lipinski definition) is 2. The van der Waals surface area contributed by atoms with Crippen molar-refractivity contribution in [2.24, 2.45) is 11.8 Å². The number of benzene rings is 2. The lowest BCUT2D eigenvalue weighted by atomic mass is 9.69. The maximum atomic E-state index is 14.5. The molecule has 174 valence electrons. The van der Waals surface area contributed by atoms with E-state index < -0.39 is 11.6 Å². The van der Waals surface area contributed by atoms with Gasteiger partial charge in [-0.2, -0.15) is 0 Å². The molecule has 1 aliphatic carbocycles. The number of carbonyl (C=O) groups excluding carboxylic acids is 1. The molecule has 2 aromatic carbocycles. The van der Waals surface area contributed by atoms with Gasteiger partial charge in [0.1, 0.15) is 17.5 Å². The standard InChI is InChI=1S/C26H27F3N2O2/c27-19-5-3-16(4-6-19)24-23(21-12-20(28)13-22(29)25(21)30-24)17-10-18(11-17)26(33)31-8-1-2-15(14-31)7-9-32/h3-6,12-13,15,17-18,30,32H,1-2,7-11,14H2. The summed E-state index contributed by atoms with van der Waals surface area (Å²) in [6.07, 6.45) is 3.91. The first kappa shape index (κ1) is 22.0. The molecule has 4 nitrogen and oxygen atoms in total. The number of halogens is 3. The number of amides is 1. The molecule has 33 heavy (non-hydrogen) atoms. The molecule has 1 aliphatic heterocycles. The van der Waals surface area contributed by atoms with E-state index in [9.17, 15) is 23.1 Å². The molecule has 1 aromatic heterocycles. The second-order valence-corrected chi connectivity index (χ2v) is 9.40. The molecule has 2 aliphatic rings. The maximum Gasteiger partial charge on any atom is 0.225 e. The van der Waals surface area contributed by atoms with Gasteiger partial charge in [-0.1, -0.05) is 0 Å². The molecule has 0 radical (unpaired) electrons. The summed E-state index contributed by atoms with van der Waals surface area (Å²) in [5.74, 6) is -1.36. The number of nitrogens with one attached hydrogen (secondary N) is 1. The van der Waals surface area contributed by atoms with Crippen molar-refractivity contribution in [1.29, 1.82) is 0 Å². The van der Waals surface area contributed by atoms with Gasteiger partial charge in [0.15, 0.2) is 0 Å². The van der Waals surface area contributed by atoms with E-state index in [1.54, 1.807) is 12.1 Å². The van der Waals surface area contributed by atoms with Crippen molar-refractivity contribution >= 4 is 16.8 Å². The minimum Gasteiger partial charge on any atom is -0.396 e. The van der Waals surface area contributed by atoms with Gasteiger partial charge in [-0.15, -0.1) is 0 Å². The van der Waals surface area contributed by atoms with Crippen LogP contribution in [-0.4, -0.2) is 40.6 Å². The van der Waals surface area contributed by atoms with Crippen molar-refractivity contribution < 1.29 is 23.1 Å². The Morgan fingerprint density at radius 2 is 1.85 bits per heavy atom. The van der Waals surface area contributed by atoms with Crippen molar-refractivity contribution in [2.75, 3.05) is 19.7 Å². The Balaban J connectivity index is 1.42. The molecule has 7 heteroatoms. The van der Waals surface area contributed by atoms with E-state index >= 15 is 0 Å². The van der Waals surface area contributed by atoms with Crippen LogP contribution in [0.3, 0.4) is 0 Å². The zero-order valence-corrected chi connectivity index (χ0v) is 18.3. The first-order valence-electron chi connectivity index (χ1n) is 11.6. The zero-order chi connectivity index (χ0) is 23.1. The monoisotopic (exact) mass is 456 g/mol. The number of piperidine rings is 1.